The van der Waals surface area contributed by atoms with Crippen molar-refractivity contribution in [3.63, 3.8) is 0 Å². The van der Waals surface area contributed by atoms with Crippen LogP contribution in [0.2, 0.25) is 0 Å². The number of carbonyl (C=O) groups excluding carboxylic acids is 1. The Kier molecular flexibility index (Phi) is 3.38. The van der Waals surface area contributed by atoms with Crippen molar-refractivity contribution in [3.05, 3.63) is 22.7 Å². The van der Waals surface area contributed by atoms with Crippen LogP contribution in [0.4, 0.5) is 5.69 Å². The first-order chi connectivity index (χ1) is 9.61. The molecule has 3 rings (SSSR count). The van der Waals surface area contributed by atoms with Gasteiger partial charge in [-0.3, -0.25) is 4.79 Å². The number of anilines is 1. The number of carbonyl (C=O) groups is 1. The van der Waals surface area contributed by atoms with Crippen LogP contribution in [0.5, 0.6) is 0 Å². The van der Waals surface area contributed by atoms with Gasteiger partial charge in [0.15, 0.2) is 0 Å². The molecule has 0 bridgehead atoms. The summed E-state index contributed by atoms with van der Waals surface area (Å²) in [6.07, 6.45) is 3.21. The molecule has 0 radical (unpaired) electrons. The van der Waals surface area contributed by atoms with E-state index in [0.29, 0.717) is 16.6 Å². The highest BCUT2D eigenvalue weighted by molar-refractivity contribution is 7.21. The standard InChI is InChI=1S/C15H19N3OS/c1-3-8-18(10-5-6-10)15(19)13-12(16)11-7-4-9(2)17-14(11)20-13/h4,7,10H,3,5-6,8,16H2,1-2H3. The van der Waals surface area contributed by atoms with Crippen molar-refractivity contribution in [2.75, 3.05) is 12.3 Å². The summed E-state index contributed by atoms with van der Waals surface area (Å²) in [7, 11) is 0. The molecular formula is C15H19N3OS. The summed E-state index contributed by atoms with van der Waals surface area (Å²) in [5.41, 5.74) is 7.70. The van der Waals surface area contributed by atoms with Gasteiger partial charge in [-0.1, -0.05) is 6.92 Å². The summed E-state index contributed by atoms with van der Waals surface area (Å²) in [6.45, 7) is 4.86. The lowest BCUT2D eigenvalue weighted by molar-refractivity contribution is 0.0749. The Morgan fingerprint density at radius 3 is 2.90 bits per heavy atom. The van der Waals surface area contributed by atoms with Crippen LogP contribution < -0.4 is 5.73 Å². The van der Waals surface area contributed by atoms with E-state index in [2.05, 4.69) is 11.9 Å². The van der Waals surface area contributed by atoms with Gasteiger partial charge in [-0.15, -0.1) is 11.3 Å². The maximum Gasteiger partial charge on any atom is 0.266 e. The van der Waals surface area contributed by atoms with Gasteiger partial charge in [0.1, 0.15) is 9.71 Å². The monoisotopic (exact) mass is 289 g/mol. The largest absolute Gasteiger partial charge is 0.397 e. The SMILES string of the molecule is CCCN(C(=O)c1sc2nc(C)ccc2c1N)C1CC1. The zero-order valence-electron chi connectivity index (χ0n) is 11.8. The molecule has 1 aliphatic rings. The van der Waals surface area contributed by atoms with E-state index in [1.807, 2.05) is 24.0 Å². The highest BCUT2D eigenvalue weighted by atomic mass is 32.1. The van der Waals surface area contributed by atoms with Crippen LogP contribution in [-0.4, -0.2) is 28.4 Å². The zero-order valence-corrected chi connectivity index (χ0v) is 12.7. The summed E-state index contributed by atoms with van der Waals surface area (Å²) in [5.74, 6) is 0.0764. The van der Waals surface area contributed by atoms with E-state index in [0.717, 1.165) is 41.7 Å². The molecule has 20 heavy (non-hydrogen) atoms. The number of hydrogen-bond acceptors (Lipinski definition) is 4. The van der Waals surface area contributed by atoms with Crippen molar-refractivity contribution < 1.29 is 4.79 Å². The maximum absolute atomic E-state index is 12.7. The Balaban J connectivity index is 2.00. The molecule has 2 aromatic rings. The number of nitrogens with zero attached hydrogens (tertiary/aromatic N) is 2. The van der Waals surface area contributed by atoms with E-state index in [-0.39, 0.29) is 5.91 Å². The van der Waals surface area contributed by atoms with Crippen molar-refractivity contribution in [2.24, 2.45) is 0 Å². The predicted molar refractivity (Wildman–Crippen MR) is 83.1 cm³/mol. The van der Waals surface area contributed by atoms with Crippen molar-refractivity contribution in [1.29, 1.82) is 0 Å². The molecule has 1 aliphatic carbocycles. The summed E-state index contributed by atoms with van der Waals surface area (Å²) in [5, 5.41) is 0.899. The average molecular weight is 289 g/mol. The smallest absolute Gasteiger partial charge is 0.266 e. The molecule has 2 heterocycles. The average Bonchev–Trinajstić information content (AvgIpc) is 3.20. The number of thiophene rings is 1. The number of aryl methyl sites for hydroxylation is 1. The topological polar surface area (TPSA) is 59.2 Å². The molecule has 2 N–H and O–H groups in total. The molecule has 1 fully saturated rings. The van der Waals surface area contributed by atoms with Gasteiger partial charge < -0.3 is 10.6 Å². The first-order valence-corrected chi connectivity index (χ1v) is 7.90. The third-order valence-electron chi connectivity index (χ3n) is 3.64. The molecule has 106 valence electrons. The molecule has 5 heteroatoms. The number of aromatic nitrogens is 1. The molecule has 0 aliphatic heterocycles. The number of amides is 1. The molecule has 0 aromatic carbocycles. The molecule has 0 atom stereocenters. The number of rotatable bonds is 4. The Labute approximate surface area is 122 Å². The number of fused-ring (bicyclic) bond motifs is 1. The van der Waals surface area contributed by atoms with E-state index >= 15 is 0 Å². The second kappa shape index (κ2) is 5.05. The first-order valence-electron chi connectivity index (χ1n) is 7.08. The quantitative estimate of drug-likeness (QED) is 0.940. The van der Waals surface area contributed by atoms with Crippen molar-refractivity contribution in [1.82, 2.24) is 9.88 Å². The molecular weight excluding hydrogens is 270 g/mol. The van der Waals surface area contributed by atoms with Gasteiger partial charge in [-0.2, -0.15) is 0 Å². The van der Waals surface area contributed by atoms with Gasteiger partial charge in [-0.05, 0) is 38.3 Å². The van der Waals surface area contributed by atoms with Crippen LogP contribution in [0.15, 0.2) is 12.1 Å². The Morgan fingerprint density at radius 2 is 2.25 bits per heavy atom. The zero-order chi connectivity index (χ0) is 14.3. The molecule has 4 nitrogen and oxygen atoms in total. The maximum atomic E-state index is 12.7. The lowest BCUT2D eigenvalue weighted by atomic mass is 10.2. The normalized spacial score (nSPS) is 14.7. The molecule has 2 aromatic heterocycles. The summed E-state index contributed by atoms with van der Waals surface area (Å²) in [6, 6.07) is 4.31. The third-order valence-corrected chi connectivity index (χ3v) is 4.74. The molecule has 1 saturated carbocycles. The van der Waals surface area contributed by atoms with Gasteiger partial charge in [0, 0.05) is 23.7 Å². The van der Waals surface area contributed by atoms with E-state index in [9.17, 15) is 4.79 Å². The van der Waals surface area contributed by atoms with Crippen LogP contribution >= 0.6 is 11.3 Å². The van der Waals surface area contributed by atoms with E-state index < -0.39 is 0 Å². The van der Waals surface area contributed by atoms with Crippen LogP contribution in [-0.2, 0) is 0 Å². The number of nitrogens with two attached hydrogens (primary N) is 1. The molecule has 1 amide bonds. The third kappa shape index (κ3) is 2.26. The van der Waals surface area contributed by atoms with Crippen molar-refractivity contribution in [2.45, 2.75) is 39.2 Å². The minimum absolute atomic E-state index is 0.0764. The molecule has 0 unspecified atom stereocenters. The van der Waals surface area contributed by atoms with Crippen molar-refractivity contribution >= 4 is 33.1 Å². The minimum atomic E-state index is 0.0764. The van der Waals surface area contributed by atoms with Crippen LogP contribution in [0.1, 0.15) is 41.6 Å². The van der Waals surface area contributed by atoms with Crippen LogP contribution in [0.25, 0.3) is 10.2 Å². The lowest BCUT2D eigenvalue weighted by Crippen LogP contribution is -2.33. The summed E-state index contributed by atoms with van der Waals surface area (Å²) >= 11 is 1.42. The van der Waals surface area contributed by atoms with Crippen LogP contribution in [0.3, 0.4) is 0 Å². The van der Waals surface area contributed by atoms with Crippen LogP contribution in [0, 0.1) is 6.92 Å². The highest BCUT2D eigenvalue weighted by Gasteiger charge is 2.34. The fraction of sp³-hybridized carbons (Fsp3) is 0.467. The Bertz CT molecular complexity index is 660. The number of hydrogen-bond donors (Lipinski definition) is 1. The van der Waals surface area contributed by atoms with Gasteiger partial charge in [-0.25, -0.2) is 4.98 Å². The second-order valence-electron chi connectivity index (χ2n) is 5.38. The van der Waals surface area contributed by atoms with Gasteiger partial charge in [0.05, 0.1) is 5.69 Å². The van der Waals surface area contributed by atoms with E-state index in [1.54, 1.807) is 0 Å². The second-order valence-corrected chi connectivity index (χ2v) is 6.38. The van der Waals surface area contributed by atoms with E-state index in [1.165, 1.54) is 11.3 Å². The summed E-state index contributed by atoms with van der Waals surface area (Å²) < 4.78 is 0. The number of nitrogen functional groups attached to an aromatic ring is 1. The van der Waals surface area contributed by atoms with Crippen molar-refractivity contribution in [3.8, 4) is 0 Å². The van der Waals surface area contributed by atoms with E-state index in [4.69, 9.17) is 5.73 Å². The highest BCUT2D eigenvalue weighted by Crippen LogP contribution is 2.36. The predicted octanol–water partition coefficient (Wildman–Crippen LogP) is 3.20. The fourth-order valence-electron chi connectivity index (χ4n) is 2.46. The number of pyridine rings is 1. The Hall–Kier alpha value is -1.62. The fourth-order valence-corrected chi connectivity index (χ4v) is 3.55. The van der Waals surface area contributed by atoms with Gasteiger partial charge in [0.25, 0.3) is 5.91 Å². The Morgan fingerprint density at radius 1 is 1.50 bits per heavy atom. The summed E-state index contributed by atoms with van der Waals surface area (Å²) in [4.78, 5) is 20.7. The molecule has 0 spiro atoms. The van der Waals surface area contributed by atoms with Gasteiger partial charge in [0.2, 0.25) is 0 Å². The molecule has 0 saturated heterocycles. The first kappa shape index (κ1) is 13.4. The van der Waals surface area contributed by atoms with Gasteiger partial charge >= 0.3 is 0 Å². The lowest BCUT2D eigenvalue weighted by Gasteiger charge is -2.21. The minimum Gasteiger partial charge on any atom is -0.397 e.